The molecule has 30 heavy (non-hydrogen) atoms. The summed E-state index contributed by atoms with van der Waals surface area (Å²) < 4.78 is 8.15. The number of likely N-dealkylation sites (N-methyl/N-ethyl adjacent to an activating group) is 1. The van der Waals surface area contributed by atoms with Crippen molar-refractivity contribution in [3.63, 3.8) is 0 Å². The van der Waals surface area contributed by atoms with Crippen LogP contribution in [-0.2, 0) is 18.2 Å². The lowest BCUT2D eigenvalue weighted by Gasteiger charge is -2.45. The molecule has 2 fully saturated rings. The predicted molar refractivity (Wildman–Crippen MR) is 122 cm³/mol. The van der Waals surface area contributed by atoms with Crippen LogP contribution in [0, 0.1) is 5.92 Å². The van der Waals surface area contributed by atoms with Gasteiger partial charge in [0.25, 0.3) is 0 Å². The fourth-order valence-corrected chi connectivity index (χ4v) is 6.91. The van der Waals surface area contributed by atoms with E-state index in [9.17, 15) is 4.79 Å². The van der Waals surface area contributed by atoms with Crippen LogP contribution in [0.5, 0.6) is 0 Å². The van der Waals surface area contributed by atoms with Crippen molar-refractivity contribution in [1.29, 1.82) is 0 Å². The number of aromatic nitrogens is 1. The van der Waals surface area contributed by atoms with Crippen molar-refractivity contribution in [1.82, 2.24) is 14.4 Å². The highest BCUT2D eigenvalue weighted by Crippen LogP contribution is 2.47. The molecule has 0 spiro atoms. The smallest absolute Gasteiger partial charge is 0.409 e. The quantitative estimate of drug-likeness (QED) is 0.677. The van der Waals surface area contributed by atoms with Gasteiger partial charge in [-0.3, -0.25) is 0 Å². The minimum atomic E-state index is -0.111. The Bertz CT molecular complexity index is 950. The number of amides is 1. The Morgan fingerprint density at radius 3 is 2.77 bits per heavy atom. The van der Waals surface area contributed by atoms with Crippen LogP contribution in [0.2, 0.25) is 0 Å². The first-order chi connectivity index (χ1) is 14.6. The standard InChI is InChI=1S/C24H33N3O2S/c1-25-14-16(15-29-24(28)27-10-5-4-6-11-27)12-18-17-8-7-9-20-22(17)19(13-21(18)25)23(30-3)26(20)2/h7-9,16,18,21H,4-6,10-15H2,1-3H3/t16-,18?,21-/m1/s1. The lowest BCUT2D eigenvalue weighted by Crippen LogP contribution is -2.49. The number of benzene rings is 1. The molecule has 1 amide bonds. The molecule has 0 bridgehead atoms. The van der Waals surface area contributed by atoms with Crippen LogP contribution in [0.4, 0.5) is 4.79 Å². The predicted octanol–water partition coefficient (Wildman–Crippen LogP) is 4.48. The van der Waals surface area contributed by atoms with Gasteiger partial charge in [0.2, 0.25) is 0 Å². The number of ether oxygens (including phenoxy) is 1. The Hall–Kier alpha value is -1.66. The SMILES string of the molecule is CSc1c2c3c(cccc3n1C)C1C[C@@H](COC(=O)N3CCCCC3)CN(C)[C@@H]1C2. The van der Waals surface area contributed by atoms with Gasteiger partial charge >= 0.3 is 6.09 Å². The lowest BCUT2D eigenvalue weighted by molar-refractivity contribution is 0.0443. The third kappa shape index (κ3) is 3.32. The fraction of sp³-hybridized carbons (Fsp3) is 0.625. The zero-order valence-corrected chi connectivity index (χ0v) is 19.2. The van der Waals surface area contributed by atoms with E-state index < -0.39 is 0 Å². The van der Waals surface area contributed by atoms with Crippen molar-refractivity contribution >= 4 is 28.8 Å². The van der Waals surface area contributed by atoms with Gasteiger partial charge in [-0.15, -0.1) is 11.8 Å². The van der Waals surface area contributed by atoms with E-state index in [4.69, 9.17) is 4.74 Å². The van der Waals surface area contributed by atoms with Crippen LogP contribution in [0.1, 0.15) is 42.7 Å². The second-order valence-corrected chi connectivity index (χ2v) is 10.1. The maximum atomic E-state index is 12.5. The first kappa shape index (κ1) is 20.3. The molecule has 5 rings (SSSR count). The first-order valence-corrected chi connectivity index (χ1v) is 12.6. The van der Waals surface area contributed by atoms with Crippen molar-refractivity contribution < 1.29 is 9.53 Å². The number of hydrogen-bond donors (Lipinski definition) is 0. The van der Waals surface area contributed by atoms with Crippen molar-refractivity contribution in [2.45, 2.75) is 49.1 Å². The number of piperidine rings is 2. The molecule has 1 unspecified atom stereocenters. The van der Waals surface area contributed by atoms with E-state index >= 15 is 0 Å². The monoisotopic (exact) mass is 427 g/mol. The highest BCUT2D eigenvalue weighted by atomic mass is 32.2. The molecule has 3 aliphatic rings. The summed E-state index contributed by atoms with van der Waals surface area (Å²) in [6.07, 6.45) is 7.73. The van der Waals surface area contributed by atoms with Crippen LogP contribution in [0.3, 0.4) is 0 Å². The fourth-order valence-electron chi connectivity index (χ4n) is 6.10. The van der Waals surface area contributed by atoms with E-state index in [0.717, 1.165) is 45.3 Å². The van der Waals surface area contributed by atoms with Crippen molar-refractivity contribution in [3.8, 4) is 0 Å². The highest BCUT2D eigenvalue weighted by molar-refractivity contribution is 7.98. The number of aryl methyl sites for hydroxylation is 1. The maximum Gasteiger partial charge on any atom is 0.409 e. The number of fused-ring (bicyclic) bond motifs is 2. The van der Waals surface area contributed by atoms with Gasteiger partial charge in [0.05, 0.1) is 11.6 Å². The zero-order chi connectivity index (χ0) is 20.8. The molecule has 0 saturated carbocycles. The first-order valence-electron chi connectivity index (χ1n) is 11.3. The second-order valence-electron chi connectivity index (χ2n) is 9.33. The third-order valence-corrected chi connectivity index (χ3v) is 8.43. The zero-order valence-electron chi connectivity index (χ0n) is 18.4. The topological polar surface area (TPSA) is 37.7 Å². The van der Waals surface area contributed by atoms with Gasteiger partial charge < -0.3 is 19.1 Å². The molecule has 2 aliphatic heterocycles. The van der Waals surface area contributed by atoms with Crippen LogP contribution >= 0.6 is 11.8 Å². The van der Waals surface area contributed by atoms with Crippen molar-refractivity contribution in [2.75, 3.05) is 39.5 Å². The number of nitrogens with zero attached hydrogens (tertiary/aromatic N) is 3. The van der Waals surface area contributed by atoms with E-state index in [2.05, 4.69) is 48.0 Å². The Labute approximate surface area is 183 Å². The summed E-state index contributed by atoms with van der Waals surface area (Å²) in [5.41, 5.74) is 4.37. The molecule has 162 valence electrons. The molecule has 3 atom stereocenters. The van der Waals surface area contributed by atoms with E-state index in [1.54, 1.807) is 0 Å². The third-order valence-electron chi connectivity index (χ3n) is 7.53. The molecule has 1 aromatic carbocycles. The number of carbonyl (C=O) groups excluding carboxylic acids is 1. The summed E-state index contributed by atoms with van der Waals surface area (Å²) in [4.78, 5) is 16.9. The summed E-state index contributed by atoms with van der Waals surface area (Å²) in [5, 5.41) is 2.88. The largest absolute Gasteiger partial charge is 0.449 e. The molecule has 6 heteroatoms. The van der Waals surface area contributed by atoms with Crippen molar-refractivity contribution in [3.05, 3.63) is 29.3 Å². The van der Waals surface area contributed by atoms with Gasteiger partial charge in [-0.2, -0.15) is 0 Å². The van der Waals surface area contributed by atoms with Gasteiger partial charge in [0, 0.05) is 55.5 Å². The molecule has 1 aromatic heterocycles. The average molecular weight is 428 g/mol. The Kier molecular flexibility index (Phi) is 5.48. The maximum absolute atomic E-state index is 12.5. The van der Waals surface area contributed by atoms with Crippen LogP contribution in [-0.4, -0.2) is 66.0 Å². The molecule has 0 N–H and O–H groups in total. The minimum absolute atomic E-state index is 0.111. The van der Waals surface area contributed by atoms with Crippen LogP contribution < -0.4 is 0 Å². The number of hydrogen-bond acceptors (Lipinski definition) is 4. The summed E-state index contributed by atoms with van der Waals surface area (Å²) in [7, 11) is 4.45. The summed E-state index contributed by atoms with van der Waals surface area (Å²) in [5.74, 6) is 0.904. The molecule has 0 radical (unpaired) electrons. The van der Waals surface area contributed by atoms with Crippen LogP contribution in [0.15, 0.2) is 23.2 Å². The Balaban J connectivity index is 1.36. The molecular weight excluding hydrogens is 394 g/mol. The second kappa shape index (κ2) is 8.12. The molecule has 3 heterocycles. The summed E-state index contributed by atoms with van der Waals surface area (Å²) in [6.45, 7) is 3.24. The Morgan fingerprint density at radius 1 is 1.20 bits per heavy atom. The van der Waals surface area contributed by atoms with Crippen molar-refractivity contribution in [2.24, 2.45) is 13.0 Å². The van der Waals surface area contributed by atoms with Gasteiger partial charge in [-0.05, 0) is 62.6 Å². The number of likely N-dealkylation sites (tertiary alicyclic amines) is 2. The van der Waals surface area contributed by atoms with E-state index in [1.807, 2.05) is 16.7 Å². The highest BCUT2D eigenvalue weighted by Gasteiger charge is 2.41. The van der Waals surface area contributed by atoms with Gasteiger partial charge in [0.1, 0.15) is 0 Å². The summed E-state index contributed by atoms with van der Waals surface area (Å²) >= 11 is 1.86. The normalized spacial score (nSPS) is 26.6. The van der Waals surface area contributed by atoms with Crippen LogP contribution in [0.25, 0.3) is 10.9 Å². The average Bonchev–Trinajstić information content (AvgIpc) is 3.05. The molecule has 5 nitrogen and oxygen atoms in total. The number of carbonyl (C=O) groups is 1. The minimum Gasteiger partial charge on any atom is -0.449 e. The molecular formula is C24H33N3O2S. The number of thioether (sulfide) groups is 1. The molecule has 2 aromatic rings. The Morgan fingerprint density at radius 2 is 2.00 bits per heavy atom. The molecule has 2 saturated heterocycles. The molecule has 1 aliphatic carbocycles. The van der Waals surface area contributed by atoms with E-state index in [-0.39, 0.29) is 6.09 Å². The summed E-state index contributed by atoms with van der Waals surface area (Å²) in [6, 6.07) is 7.34. The van der Waals surface area contributed by atoms with Gasteiger partial charge in [-0.25, -0.2) is 4.79 Å². The van der Waals surface area contributed by atoms with Gasteiger partial charge in [-0.1, -0.05) is 12.1 Å². The lowest BCUT2D eigenvalue weighted by atomic mass is 9.72. The van der Waals surface area contributed by atoms with E-state index in [1.165, 1.54) is 33.5 Å². The van der Waals surface area contributed by atoms with E-state index in [0.29, 0.717) is 24.5 Å². The number of rotatable bonds is 3. The van der Waals surface area contributed by atoms with Gasteiger partial charge in [0.15, 0.2) is 0 Å².